The zero-order chi connectivity index (χ0) is 20.4. The molecule has 0 aliphatic heterocycles. The van der Waals surface area contributed by atoms with Gasteiger partial charge in [0.1, 0.15) is 11.3 Å². The second-order valence-electron chi connectivity index (χ2n) is 6.30. The maximum atomic E-state index is 12.5. The van der Waals surface area contributed by atoms with Gasteiger partial charge in [-0.05, 0) is 54.6 Å². The van der Waals surface area contributed by atoms with Crippen molar-refractivity contribution < 1.29 is 22.0 Å². The molecule has 0 bridgehead atoms. The molecule has 2 heterocycles. The number of oxazole rings is 1. The third kappa shape index (κ3) is 4.20. The quantitative estimate of drug-likeness (QED) is 0.502. The maximum absolute atomic E-state index is 12.5. The number of anilines is 1. The number of aromatic nitrogens is 1. The molecular formula is C20H17N3O5S. The molecule has 4 aromatic rings. The fraction of sp³-hybridized carbons (Fsp3) is 0.100. The van der Waals surface area contributed by atoms with Gasteiger partial charge in [-0.25, -0.2) is 18.1 Å². The number of carbonyl (C=O) groups excluding carboxylic acids is 1. The largest absolute Gasteiger partial charge is 0.468 e. The molecule has 1 amide bonds. The lowest BCUT2D eigenvalue weighted by Gasteiger charge is -2.08. The fourth-order valence-electron chi connectivity index (χ4n) is 2.77. The van der Waals surface area contributed by atoms with Gasteiger partial charge in [-0.15, -0.1) is 0 Å². The van der Waals surface area contributed by atoms with E-state index in [2.05, 4.69) is 15.0 Å². The molecule has 2 N–H and O–H groups in total. The first-order valence-corrected chi connectivity index (χ1v) is 10.2. The fourth-order valence-corrected chi connectivity index (χ4v) is 3.77. The SMILES string of the molecule is Cc1nc2cc(NC(=O)c3ccc(S(=O)(=O)NCc4ccco4)cc3)ccc2o1. The molecule has 29 heavy (non-hydrogen) atoms. The van der Waals surface area contributed by atoms with Crippen LogP contribution in [0.25, 0.3) is 11.1 Å². The van der Waals surface area contributed by atoms with Crippen molar-refractivity contribution in [3.05, 3.63) is 78.1 Å². The summed E-state index contributed by atoms with van der Waals surface area (Å²) in [5.41, 5.74) is 2.17. The minimum atomic E-state index is -3.72. The van der Waals surface area contributed by atoms with Gasteiger partial charge >= 0.3 is 0 Å². The Morgan fingerprint density at radius 2 is 1.90 bits per heavy atom. The second kappa shape index (κ2) is 7.53. The van der Waals surface area contributed by atoms with Gasteiger partial charge in [0.2, 0.25) is 10.0 Å². The van der Waals surface area contributed by atoms with Crippen molar-refractivity contribution in [2.45, 2.75) is 18.4 Å². The molecule has 0 atom stereocenters. The average Bonchev–Trinajstić information content (AvgIpc) is 3.35. The minimum Gasteiger partial charge on any atom is -0.468 e. The molecule has 0 saturated carbocycles. The lowest BCUT2D eigenvalue weighted by Crippen LogP contribution is -2.23. The van der Waals surface area contributed by atoms with E-state index in [1.165, 1.54) is 30.5 Å². The van der Waals surface area contributed by atoms with Gasteiger partial charge in [-0.1, -0.05) is 0 Å². The topological polar surface area (TPSA) is 114 Å². The number of aryl methyl sites for hydroxylation is 1. The van der Waals surface area contributed by atoms with Crippen LogP contribution in [0.15, 0.2) is 74.6 Å². The highest BCUT2D eigenvalue weighted by atomic mass is 32.2. The molecule has 0 aliphatic rings. The van der Waals surface area contributed by atoms with Crippen LogP contribution in [-0.4, -0.2) is 19.3 Å². The van der Waals surface area contributed by atoms with Crippen LogP contribution in [0.3, 0.4) is 0 Å². The van der Waals surface area contributed by atoms with Gasteiger partial charge in [-0.2, -0.15) is 0 Å². The van der Waals surface area contributed by atoms with E-state index in [-0.39, 0.29) is 17.3 Å². The highest BCUT2D eigenvalue weighted by Gasteiger charge is 2.16. The summed E-state index contributed by atoms with van der Waals surface area (Å²) in [5, 5.41) is 2.76. The first kappa shape index (κ1) is 18.9. The van der Waals surface area contributed by atoms with E-state index in [1.54, 1.807) is 37.3 Å². The average molecular weight is 411 g/mol. The van der Waals surface area contributed by atoms with Gasteiger partial charge in [0.15, 0.2) is 11.5 Å². The molecule has 0 spiro atoms. The summed E-state index contributed by atoms with van der Waals surface area (Å²) in [6, 6.07) is 14.2. The number of carbonyl (C=O) groups is 1. The third-order valence-electron chi connectivity index (χ3n) is 4.20. The molecule has 2 aromatic carbocycles. The summed E-state index contributed by atoms with van der Waals surface area (Å²) >= 11 is 0. The van der Waals surface area contributed by atoms with Crippen LogP contribution in [0.1, 0.15) is 22.0 Å². The van der Waals surface area contributed by atoms with Gasteiger partial charge in [0.05, 0.1) is 17.7 Å². The molecule has 148 valence electrons. The summed E-state index contributed by atoms with van der Waals surface area (Å²) in [4.78, 5) is 16.8. The van der Waals surface area contributed by atoms with Crippen molar-refractivity contribution in [3.63, 3.8) is 0 Å². The molecule has 8 nitrogen and oxygen atoms in total. The summed E-state index contributed by atoms with van der Waals surface area (Å²) in [6.45, 7) is 1.79. The number of nitrogens with zero attached hydrogens (tertiary/aromatic N) is 1. The number of fused-ring (bicyclic) bond motifs is 1. The van der Waals surface area contributed by atoms with Crippen LogP contribution in [0.2, 0.25) is 0 Å². The van der Waals surface area contributed by atoms with E-state index in [1.807, 2.05) is 0 Å². The van der Waals surface area contributed by atoms with E-state index in [9.17, 15) is 13.2 Å². The number of benzene rings is 2. The van der Waals surface area contributed by atoms with Gasteiger partial charge in [0.25, 0.3) is 5.91 Å². The van der Waals surface area contributed by atoms with Gasteiger partial charge < -0.3 is 14.2 Å². The van der Waals surface area contributed by atoms with Crippen LogP contribution in [0, 0.1) is 6.92 Å². The Morgan fingerprint density at radius 3 is 2.62 bits per heavy atom. The summed E-state index contributed by atoms with van der Waals surface area (Å²) in [6.07, 6.45) is 1.47. The van der Waals surface area contributed by atoms with E-state index >= 15 is 0 Å². The highest BCUT2D eigenvalue weighted by molar-refractivity contribution is 7.89. The number of hydrogen-bond acceptors (Lipinski definition) is 6. The molecule has 0 radical (unpaired) electrons. The lowest BCUT2D eigenvalue weighted by atomic mass is 10.2. The molecule has 0 fully saturated rings. The molecule has 2 aromatic heterocycles. The van der Waals surface area contributed by atoms with Gasteiger partial charge in [-0.3, -0.25) is 4.79 Å². The number of rotatable bonds is 6. The smallest absolute Gasteiger partial charge is 0.255 e. The van der Waals surface area contributed by atoms with Gasteiger partial charge in [0, 0.05) is 18.2 Å². The standard InChI is InChI=1S/C20H17N3O5S/c1-13-22-18-11-15(6-9-19(18)28-13)23-20(24)14-4-7-17(8-5-14)29(25,26)21-12-16-3-2-10-27-16/h2-11,21H,12H2,1H3,(H,23,24). The van der Waals surface area contributed by atoms with Crippen molar-refractivity contribution in [2.75, 3.05) is 5.32 Å². The predicted molar refractivity (Wildman–Crippen MR) is 106 cm³/mol. The zero-order valence-corrected chi connectivity index (χ0v) is 16.2. The maximum Gasteiger partial charge on any atom is 0.255 e. The van der Waals surface area contributed by atoms with Crippen molar-refractivity contribution >= 4 is 32.7 Å². The molecule has 9 heteroatoms. The van der Waals surface area contributed by atoms with Crippen molar-refractivity contribution in [3.8, 4) is 0 Å². The summed E-state index contributed by atoms with van der Waals surface area (Å²) < 4.78 is 37.7. The minimum absolute atomic E-state index is 0.0432. The first-order chi connectivity index (χ1) is 13.9. The van der Waals surface area contributed by atoms with Crippen LogP contribution < -0.4 is 10.0 Å². The second-order valence-corrected chi connectivity index (χ2v) is 8.06. The molecule has 0 aliphatic carbocycles. The number of sulfonamides is 1. The van der Waals surface area contributed by atoms with E-state index in [4.69, 9.17) is 8.83 Å². The van der Waals surface area contributed by atoms with Crippen LogP contribution in [0.4, 0.5) is 5.69 Å². The number of hydrogen-bond donors (Lipinski definition) is 2. The Bertz CT molecular complexity index is 1260. The van der Waals surface area contributed by atoms with Crippen molar-refractivity contribution in [1.29, 1.82) is 0 Å². The van der Waals surface area contributed by atoms with E-state index < -0.39 is 10.0 Å². The number of nitrogens with one attached hydrogen (secondary N) is 2. The Labute approximate surface area is 166 Å². The van der Waals surface area contributed by atoms with Crippen molar-refractivity contribution in [2.24, 2.45) is 0 Å². The van der Waals surface area contributed by atoms with Crippen LogP contribution in [-0.2, 0) is 16.6 Å². The Hall–Kier alpha value is -3.43. The molecule has 4 rings (SSSR count). The lowest BCUT2D eigenvalue weighted by molar-refractivity contribution is 0.102. The normalized spacial score (nSPS) is 11.6. The zero-order valence-electron chi connectivity index (χ0n) is 15.4. The summed E-state index contributed by atoms with van der Waals surface area (Å²) in [7, 11) is -3.72. The monoisotopic (exact) mass is 411 g/mol. The Morgan fingerprint density at radius 1 is 1.10 bits per heavy atom. The van der Waals surface area contributed by atoms with Crippen LogP contribution in [0.5, 0.6) is 0 Å². The molecular weight excluding hydrogens is 394 g/mol. The third-order valence-corrected chi connectivity index (χ3v) is 5.61. The molecule has 0 saturated heterocycles. The van der Waals surface area contributed by atoms with Crippen molar-refractivity contribution in [1.82, 2.24) is 9.71 Å². The summed E-state index contributed by atoms with van der Waals surface area (Å²) in [5.74, 6) is 0.682. The Balaban J connectivity index is 1.45. The number of furan rings is 1. The van der Waals surface area contributed by atoms with E-state index in [0.29, 0.717) is 34.0 Å². The predicted octanol–water partition coefficient (Wildman–Crippen LogP) is 3.46. The first-order valence-electron chi connectivity index (χ1n) is 8.71. The highest BCUT2D eigenvalue weighted by Crippen LogP contribution is 2.20. The van der Waals surface area contributed by atoms with E-state index in [0.717, 1.165) is 0 Å². The molecule has 0 unspecified atom stereocenters. The number of amides is 1. The van der Waals surface area contributed by atoms with Crippen LogP contribution >= 0.6 is 0 Å². The Kier molecular flexibility index (Phi) is 4.91.